The minimum absolute atomic E-state index is 0.188. The zero-order valence-corrected chi connectivity index (χ0v) is 12.7. The molecule has 0 atom stereocenters. The normalized spacial score (nSPS) is 14.7. The van der Waals surface area contributed by atoms with Gasteiger partial charge in [-0.15, -0.1) is 0 Å². The predicted octanol–water partition coefficient (Wildman–Crippen LogP) is 3.10. The van der Waals surface area contributed by atoms with E-state index >= 15 is 0 Å². The van der Waals surface area contributed by atoms with Gasteiger partial charge >= 0.3 is 0 Å². The topological polar surface area (TPSA) is 34.0 Å². The summed E-state index contributed by atoms with van der Waals surface area (Å²) in [5.41, 5.74) is 4.35. The highest BCUT2D eigenvalue weighted by Crippen LogP contribution is 2.22. The summed E-state index contributed by atoms with van der Waals surface area (Å²) < 4.78 is 15.1. The van der Waals surface area contributed by atoms with Crippen LogP contribution in [0.1, 0.15) is 11.3 Å². The van der Waals surface area contributed by atoms with Crippen LogP contribution >= 0.6 is 0 Å². The van der Waals surface area contributed by atoms with Gasteiger partial charge in [0.2, 0.25) is 0 Å². The maximum Gasteiger partial charge on any atom is 0.123 e. The van der Waals surface area contributed by atoms with E-state index in [4.69, 9.17) is 0 Å². The summed E-state index contributed by atoms with van der Waals surface area (Å²) in [5.74, 6) is -0.188. The molecule has 0 saturated carbocycles. The van der Waals surface area contributed by atoms with Crippen molar-refractivity contribution in [2.24, 2.45) is 0 Å². The molecule has 1 aromatic carbocycles. The van der Waals surface area contributed by atoms with Gasteiger partial charge < -0.3 is 0 Å². The van der Waals surface area contributed by atoms with E-state index in [9.17, 15) is 4.39 Å². The number of rotatable bonds is 3. The second-order valence-corrected chi connectivity index (χ2v) is 5.82. The summed E-state index contributed by atoms with van der Waals surface area (Å²) >= 11 is 0. The lowest BCUT2D eigenvalue weighted by Gasteiger charge is -2.27. The highest BCUT2D eigenvalue weighted by Gasteiger charge is 2.19. The molecule has 5 heteroatoms. The van der Waals surface area contributed by atoms with Crippen molar-refractivity contribution in [2.45, 2.75) is 19.6 Å². The second kappa shape index (κ2) is 5.93. The molecule has 0 radical (unpaired) electrons. The first-order chi connectivity index (χ1) is 11.3. The van der Waals surface area contributed by atoms with Gasteiger partial charge in [0.15, 0.2) is 0 Å². The van der Waals surface area contributed by atoms with Crippen molar-refractivity contribution in [1.82, 2.24) is 19.7 Å². The predicted molar refractivity (Wildman–Crippen MR) is 86.0 cm³/mol. The molecule has 3 heterocycles. The molecule has 0 aliphatic carbocycles. The molecule has 0 spiro atoms. The van der Waals surface area contributed by atoms with Crippen molar-refractivity contribution in [3.05, 3.63) is 71.9 Å². The Balaban J connectivity index is 1.51. The Morgan fingerprint density at radius 2 is 1.96 bits per heavy atom. The van der Waals surface area contributed by atoms with Crippen LogP contribution in [0.2, 0.25) is 0 Å². The molecule has 0 N–H and O–H groups in total. The fraction of sp³-hybridized carbons (Fsp3) is 0.222. The third kappa shape index (κ3) is 3.00. The molecule has 4 rings (SSSR count). The molecule has 1 aliphatic rings. The van der Waals surface area contributed by atoms with E-state index < -0.39 is 0 Å². The number of pyridine rings is 1. The maximum absolute atomic E-state index is 13.0. The molecule has 0 bridgehead atoms. The average Bonchev–Trinajstić information content (AvgIpc) is 3.01. The Labute approximate surface area is 134 Å². The van der Waals surface area contributed by atoms with Gasteiger partial charge in [-0.3, -0.25) is 14.6 Å². The lowest BCUT2D eigenvalue weighted by Crippen LogP contribution is -2.33. The minimum Gasteiger partial charge on any atom is -0.291 e. The average molecular weight is 308 g/mol. The molecule has 0 amide bonds. The van der Waals surface area contributed by atoms with Crippen molar-refractivity contribution in [2.75, 3.05) is 6.54 Å². The van der Waals surface area contributed by atoms with E-state index in [-0.39, 0.29) is 5.82 Å². The van der Waals surface area contributed by atoms with Crippen LogP contribution in [0.15, 0.2) is 54.9 Å². The molecule has 0 saturated heterocycles. The number of hydrogen-bond acceptors (Lipinski definition) is 3. The van der Waals surface area contributed by atoms with E-state index in [2.05, 4.69) is 25.7 Å². The summed E-state index contributed by atoms with van der Waals surface area (Å²) in [6.45, 7) is 3.49. The molecule has 2 aromatic heterocycles. The van der Waals surface area contributed by atoms with E-state index in [0.29, 0.717) is 0 Å². The monoisotopic (exact) mass is 308 g/mol. The maximum atomic E-state index is 13.0. The van der Waals surface area contributed by atoms with Crippen LogP contribution in [-0.4, -0.2) is 26.2 Å². The summed E-state index contributed by atoms with van der Waals surface area (Å²) in [4.78, 5) is 6.51. The van der Waals surface area contributed by atoms with Crippen molar-refractivity contribution >= 4 is 0 Å². The molecular formula is C18H17FN4. The van der Waals surface area contributed by atoms with E-state index in [1.165, 1.54) is 17.8 Å². The van der Waals surface area contributed by atoms with Gasteiger partial charge in [-0.2, -0.15) is 5.10 Å². The van der Waals surface area contributed by atoms with E-state index in [1.807, 2.05) is 30.5 Å². The summed E-state index contributed by atoms with van der Waals surface area (Å²) in [5, 5.41) is 4.67. The Morgan fingerprint density at radius 1 is 1.09 bits per heavy atom. The van der Waals surface area contributed by atoms with Gasteiger partial charge in [-0.1, -0.05) is 12.1 Å². The molecule has 116 valence electrons. The minimum atomic E-state index is -0.188. The first kappa shape index (κ1) is 14.1. The van der Waals surface area contributed by atoms with Crippen LogP contribution < -0.4 is 0 Å². The Kier molecular flexibility index (Phi) is 3.63. The standard InChI is InChI=1S/C18H17FN4/c19-16-5-3-14(4-6-16)12-22-8-9-23-17(13-22)10-18(21-23)15-2-1-7-20-11-15/h1-7,10-11H,8-9,12-13H2. The lowest BCUT2D eigenvalue weighted by molar-refractivity contribution is 0.205. The van der Waals surface area contributed by atoms with Crippen molar-refractivity contribution in [1.29, 1.82) is 0 Å². The van der Waals surface area contributed by atoms with Crippen LogP contribution in [0.25, 0.3) is 11.3 Å². The van der Waals surface area contributed by atoms with E-state index in [0.717, 1.165) is 43.0 Å². The largest absolute Gasteiger partial charge is 0.291 e. The zero-order valence-electron chi connectivity index (χ0n) is 12.7. The number of benzene rings is 1. The fourth-order valence-corrected chi connectivity index (χ4v) is 2.96. The molecule has 4 nitrogen and oxygen atoms in total. The molecular weight excluding hydrogens is 291 g/mol. The summed E-state index contributed by atoms with van der Waals surface area (Å²) in [7, 11) is 0. The highest BCUT2D eigenvalue weighted by atomic mass is 19.1. The first-order valence-electron chi connectivity index (χ1n) is 7.72. The molecule has 23 heavy (non-hydrogen) atoms. The van der Waals surface area contributed by atoms with Crippen molar-refractivity contribution < 1.29 is 4.39 Å². The number of nitrogens with zero attached hydrogens (tertiary/aromatic N) is 4. The molecule has 0 fully saturated rings. The second-order valence-electron chi connectivity index (χ2n) is 5.82. The summed E-state index contributed by atoms with van der Waals surface area (Å²) in [6.07, 6.45) is 3.61. The quantitative estimate of drug-likeness (QED) is 0.745. The lowest BCUT2D eigenvalue weighted by atomic mass is 10.1. The number of halogens is 1. The highest BCUT2D eigenvalue weighted by molar-refractivity contribution is 5.57. The van der Waals surface area contributed by atoms with Crippen LogP contribution in [0.5, 0.6) is 0 Å². The van der Waals surface area contributed by atoms with Gasteiger partial charge in [-0.05, 0) is 35.9 Å². The molecule has 3 aromatic rings. The van der Waals surface area contributed by atoms with E-state index in [1.54, 1.807) is 6.20 Å². The Morgan fingerprint density at radius 3 is 2.74 bits per heavy atom. The third-order valence-corrected chi connectivity index (χ3v) is 4.15. The van der Waals surface area contributed by atoms with Gasteiger partial charge in [0.1, 0.15) is 5.82 Å². The third-order valence-electron chi connectivity index (χ3n) is 4.15. The fourth-order valence-electron chi connectivity index (χ4n) is 2.96. The zero-order chi connectivity index (χ0) is 15.6. The number of hydrogen-bond donors (Lipinski definition) is 0. The van der Waals surface area contributed by atoms with Crippen molar-refractivity contribution in [3.63, 3.8) is 0 Å². The van der Waals surface area contributed by atoms with Crippen molar-refractivity contribution in [3.8, 4) is 11.3 Å². The smallest absolute Gasteiger partial charge is 0.123 e. The first-order valence-corrected chi connectivity index (χ1v) is 7.72. The number of fused-ring (bicyclic) bond motifs is 1. The van der Waals surface area contributed by atoms with Crippen LogP contribution in [0, 0.1) is 5.82 Å². The summed E-state index contributed by atoms with van der Waals surface area (Å²) in [6, 6.07) is 12.8. The Bertz CT molecular complexity index is 796. The SMILES string of the molecule is Fc1ccc(CN2CCn3nc(-c4cccnc4)cc3C2)cc1. The van der Waals surface area contributed by atoms with Gasteiger partial charge in [-0.25, -0.2) is 4.39 Å². The van der Waals surface area contributed by atoms with Gasteiger partial charge in [0, 0.05) is 37.6 Å². The van der Waals surface area contributed by atoms with Gasteiger partial charge in [0.05, 0.1) is 17.9 Å². The molecule has 0 unspecified atom stereocenters. The van der Waals surface area contributed by atoms with Crippen LogP contribution in [0.3, 0.4) is 0 Å². The van der Waals surface area contributed by atoms with Crippen LogP contribution in [0.4, 0.5) is 4.39 Å². The van der Waals surface area contributed by atoms with Gasteiger partial charge in [0.25, 0.3) is 0 Å². The van der Waals surface area contributed by atoms with Crippen LogP contribution in [-0.2, 0) is 19.6 Å². The number of aromatic nitrogens is 3. The Hall–Kier alpha value is -2.53. The molecule has 1 aliphatic heterocycles.